The summed E-state index contributed by atoms with van der Waals surface area (Å²) < 4.78 is 5.36. The number of benzene rings is 1. The Kier molecular flexibility index (Phi) is 6.73. The standard InChI is InChI=1S/C20H27N5O2/c1-15-4-3-5-17(12-15)14-22-20(26)18-13-19(24-16(2)23-18)21-6-7-25-8-10-27-11-9-25/h3-5,12-13H,6-11,14H2,1-2H3,(H,22,26)(H,21,23,24). The molecule has 1 aliphatic heterocycles. The van der Waals surface area contributed by atoms with Crippen molar-refractivity contribution >= 4 is 11.7 Å². The van der Waals surface area contributed by atoms with E-state index in [-0.39, 0.29) is 5.91 Å². The van der Waals surface area contributed by atoms with Gasteiger partial charge in [0.05, 0.1) is 13.2 Å². The van der Waals surface area contributed by atoms with Crippen LogP contribution in [0.1, 0.15) is 27.4 Å². The number of hydrogen-bond donors (Lipinski definition) is 2. The van der Waals surface area contributed by atoms with Crippen LogP contribution in [0.25, 0.3) is 0 Å². The van der Waals surface area contributed by atoms with Crippen molar-refractivity contribution in [3.63, 3.8) is 0 Å². The molecule has 7 nitrogen and oxygen atoms in total. The Hall–Kier alpha value is -2.51. The van der Waals surface area contributed by atoms with Gasteiger partial charge in [-0.2, -0.15) is 0 Å². The maximum absolute atomic E-state index is 12.5. The first-order valence-electron chi connectivity index (χ1n) is 9.33. The fourth-order valence-corrected chi connectivity index (χ4v) is 3.04. The zero-order valence-electron chi connectivity index (χ0n) is 16.0. The monoisotopic (exact) mass is 369 g/mol. The average Bonchev–Trinajstić information content (AvgIpc) is 2.66. The summed E-state index contributed by atoms with van der Waals surface area (Å²) in [6.07, 6.45) is 0. The molecule has 2 aromatic rings. The van der Waals surface area contributed by atoms with Gasteiger partial charge in [0.2, 0.25) is 0 Å². The lowest BCUT2D eigenvalue weighted by atomic mass is 10.1. The van der Waals surface area contributed by atoms with E-state index in [1.165, 1.54) is 5.56 Å². The molecule has 2 heterocycles. The summed E-state index contributed by atoms with van der Waals surface area (Å²) in [6, 6.07) is 9.79. The molecule has 2 N–H and O–H groups in total. The van der Waals surface area contributed by atoms with E-state index in [0.29, 0.717) is 23.9 Å². The number of ether oxygens (including phenoxy) is 1. The van der Waals surface area contributed by atoms with E-state index in [9.17, 15) is 4.79 Å². The number of anilines is 1. The van der Waals surface area contributed by atoms with Gasteiger partial charge in [0, 0.05) is 38.8 Å². The van der Waals surface area contributed by atoms with Crippen LogP contribution in [0.3, 0.4) is 0 Å². The molecule has 0 saturated carbocycles. The zero-order valence-corrected chi connectivity index (χ0v) is 16.0. The van der Waals surface area contributed by atoms with Crippen molar-refractivity contribution in [3.05, 3.63) is 53.0 Å². The topological polar surface area (TPSA) is 79.4 Å². The third-order valence-corrected chi connectivity index (χ3v) is 4.44. The Balaban J connectivity index is 1.54. The number of nitrogens with zero attached hydrogens (tertiary/aromatic N) is 3. The third-order valence-electron chi connectivity index (χ3n) is 4.44. The minimum absolute atomic E-state index is 0.196. The Bertz CT molecular complexity index is 775. The predicted molar refractivity (Wildman–Crippen MR) is 105 cm³/mol. The van der Waals surface area contributed by atoms with Gasteiger partial charge in [0.1, 0.15) is 17.3 Å². The number of amides is 1. The van der Waals surface area contributed by atoms with E-state index in [1.54, 1.807) is 13.0 Å². The predicted octanol–water partition coefficient (Wildman–Crippen LogP) is 1.77. The molecule has 0 aliphatic carbocycles. The molecule has 0 radical (unpaired) electrons. The molecule has 0 atom stereocenters. The Morgan fingerprint density at radius 1 is 1.19 bits per heavy atom. The number of nitrogens with one attached hydrogen (secondary N) is 2. The minimum Gasteiger partial charge on any atom is -0.379 e. The molecule has 7 heteroatoms. The van der Waals surface area contributed by atoms with Gasteiger partial charge < -0.3 is 15.4 Å². The molecular weight excluding hydrogens is 342 g/mol. The van der Waals surface area contributed by atoms with Crippen molar-refractivity contribution in [1.29, 1.82) is 0 Å². The lowest BCUT2D eigenvalue weighted by molar-refractivity contribution is 0.0398. The summed E-state index contributed by atoms with van der Waals surface area (Å²) in [5, 5.41) is 6.22. The molecule has 1 amide bonds. The van der Waals surface area contributed by atoms with Crippen molar-refractivity contribution in [1.82, 2.24) is 20.2 Å². The van der Waals surface area contributed by atoms with Gasteiger partial charge in [-0.05, 0) is 19.4 Å². The highest BCUT2D eigenvalue weighted by Crippen LogP contribution is 2.08. The SMILES string of the molecule is Cc1cccc(CNC(=O)c2cc(NCCN3CCOCC3)nc(C)n2)c1. The van der Waals surface area contributed by atoms with Gasteiger partial charge in [-0.1, -0.05) is 29.8 Å². The van der Waals surface area contributed by atoms with Gasteiger partial charge >= 0.3 is 0 Å². The van der Waals surface area contributed by atoms with Crippen LogP contribution in [0.5, 0.6) is 0 Å². The van der Waals surface area contributed by atoms with Crippen LogP contribution in [-0.4, -0.2) is 60.2 Å². The number of aryl methyl sites for hydroxylation is 2. The summed E-state index contributed by atoms with van der Waals surface area (Å²) in [5.41, 5.74) is 2.62. The van der Waals surface area contributed by atoms with Crippen LogP contribution >= 0.6 is 0 Å². The summed E-state index contributed by atoms with van der Waals surface area (Å²) in [7, 11) is 0. The number of morpholine rings is 1. The molecule has 0 bridgehead atoms. The molecule has 1 aliphatic rings. The van der Waals surface area contributed by atoms with Crippen LogP contribution in [-0.2, 0) is 11.3 Å². The van der Waals surface area contributed by atoms with Crippen molar-refractivity contribution < 1.29 is 9.53 Å². The molecule has 1 saturated heterocycles. The molecular formula is C20H27N5O2. The van der Waals surface area contributed by atoms with Crippen molar-refractivity contribution in [2.75, 3.05) is 44.7 Å². The fraction of sp³-hybridized carbons (Fsp3) is 0.450. The third kappa shape index (κ3) is 6.01. The molecule has 144 valence electrons. The first-order chi connectivity index (χ1) is 13.1. The van der Waals surface area contributed by atoms with Gasteiger partial charge in [-0.25, -0.2) is 9.97 Å². The number of carbonyl (C=O) groups is 1. The first-order valence-corrected chi connectivity index (χ1v) is 9.33. The maximum Gasteiger partial charge on any atom is 0.270 e. The van der Waals surface area contributed by atoms with Crippen LogP contribution in [0.4, 0.5) is 5.82 Å². The Morgan fingerprint density at radius 2 is 2.00 bits per heavy atom. The number of carbonyl (C=O) groups excluding carboxylic acids is 1. The summed E-state index contributed by atoms with van der Waals surface area (Å²) in [6.45, 7) is 9.48. The van der Waals surface area contributed by atoms with Crippen LogP contribution in [0, 0.1) is 13.8 Å². The highest BCUT2D eigenvalue weighted by atomic mass is 16.5. The van der Waals surface area contributed by atoms with E-state index in [4.69, 9.17) is 4.74 Å². The Labute approximate surface area is 160 Å². The lowest BCUT2D eigenvalue weighted by Crippen LogP contribution is -2.39. The second-order valence-corrected chi connectivity index (χ2v) is 6.74. The highest BCUT2D eigenvalue weighted by Gasteiger charge is 2.12. The highest BCUT2D eigenvalue weighted by molar-refractivity contribution is 5.92. The van der Waals surface area contributed by atoms with Crippen molar-refractivity contribution in [3.8, 4) is 0 Å². The maximum atomic E-state index is 12.5. The largest absolute Gasteiger partial charge is 0.379 e. The normalized spacial score (nSPS) is 14.7. The fourth-order valence-electron chi connectivity index (χ4n) is 3.04. The van der Waals surface area contributed by atoms with E-state index in [0.717, 1.165) is 45.0 Å². The van der Waals surface area contributed by atoms with E-state index >= 15 is 0 Å². The van der Waals surface area contributed by atoms with Crippen LogP contribution < -0.4 is 10.6 Å². The van der Waals surface area contributed by atoms with Crippen LogP contribution in [0.15, 0.2) is 30.3 Å². The second-order valence-electron chi connectivity index (χ2n) is 6.74. The van der Waals surface area contributed by atoms with Gasteiger partial charge in [-0.15, -0.1) is 0 Å². The molecule has 1 aromatic carbocycles. The molecule has 0 spiro atoms. The summed E-state index contributed by atoms with van der Waals surface area (Å²) >= 11 is 0. The molecule has 0 unspecified atom stereocenters. The molecule has 27 heavy (non-hydrogen) atoms. The average molecular weight is 369 g/mol. The first kappa shape index (κ1) is 19.3. The smallest absolute Gasteiger partial charge is 0.270 e. The Morgan fingerprint density at radius 3 is 2.78 bits per heavy atom. The zero-order chi connectivity index (χ0) is 19.1. The minimum atomic E-state index is -0.196. The summed E-state index contributed by atoms with van der Waals surface area (Å²) in [5.74, 6) is 1.06. The van der Waals surface area contributed by atoms with Gasteiger partial charge in [0.25, 0.3) is 5.91 Å². The quantitative estimate of drug-likeness (QED) is 0.774. The number of rotatable bonds is 7. The van der Waals surface area contributed by atoms with Crippen LogP contribution in [0.2, 0.25) is 0 Å². The number of hydrogen-bond acceptors (Lipinski definition) is 6. The van der Waals surface area contributed by atoms with E-state index in [2.05, 4.69) is 31.6 Å². The van der Waals surface area contributed by atoms with Gasteiger partial charge in [-0.3, -0.25) is 9.69 Å². The van der Waals surface area contributed by atoms with Crippen molar-refractivity contribution in [2.45, 2.75) is 20.4 Å². The lowest BCUT2D eigenvalue weighted by Gasteiger charge is -2.26. The van der Waals surface area contributed by atoms with Crippen molar-refractivity contribution in [2.24, 2.45) is 0 Å². The van der Waals surface area contributed by atoms with E-state index < -0.39 is 0 Å². The number of aromatic nitrogens is 2. The van der Waals surface area contributed by atoms with E-state index in [1.807, 2.05) is 25.1 Å². The molecule has 3 rings (SSSR count). The van der Waals surface area contributed by atoms with Gasteiger partial charge in [0.15, 0.2) is 0 Å². The molecule has 1 aromatic heterocycles. The summed E-state index contributed by atoms with van der Waals surface area (Å²) in [4.78, 5) is 23.5. The second kappa shape index (κ2) is 9.43. The molecule has 1 fully saturated rings.